The molecule has 0 aromatic heterocycles. The Balaban J connectivity index is 1.54. The van der Waals surface area contributed by atoms with Crippen LogP contribution < -0.4 is 14.4 Å². The lowest BCUT2D eigenvalue weighted by molar-refractivity contribution is -0.384. The second-order valence-corrected chi connectivity index (χ2v) is 6.61. The van der Waals surface area contributed by atoms with E-state index < -0.39 is 4.92 Å². The number of rotatable bonds is 6. The highest BCUT2D eigenvalue weighted by Crippen LogP contribution is 2.29. The summed E-state index contributed by atoms with van der Waals surface area (Å²) >= 11 is 5.99. The number of amides is 1. The van der Waals surface area contributed by atoms with Gasteiger partial charge in [-0.3, -0.25) is 14.9 Å². The van der Waals surface area contributed by atoms with Crippen LogP contribution in [0.3, 0.4) is 0 Å². The molecule has 3 rings (SSSR count). The molecule has 2 aromatic rings. The first-order valence-electron chi connectivity index (χ1n) is 8.72. The average Bonchev–Trinajstić information content (AvgIpc) is 2.72. The Morgan fingerprint density at radius 1 is 1.14 bits per heavy atom. The zero-order valence-corrected chi connectivity index (χ0v) is 16.1. The van der Waals surface area contributed by atoms with Crippen molar-refractivity contribution in [1.82, 2.24) is 4.90 Å². The molecule has 2 aromatic carbocycles. The topological polar surface area (TPSA) is 85.2 Å². The number of para-hydroxylation sites is 2. The molecule has 0 aliphatic carbocycles. The van der Waals surface area contributed by atoms with E-state index in [4.69, 9.17) is 21.1 Å². The number of carbonyl (C=O) groups is 1. The first-order valence-corrected chi connectivity index (χ1v) is 9.10. The van der Waals surface area contributed by atoms with Crippen molar-refractivity contribution in [2.24, 2.45) is 0 Å². The van der Waals surface area contributed by atoms with Crippen LogP contribution in [0, 0.1) is 10.1 Å². The van der Waals surface area contributed by atoms with Crippen molar-refractivity contribution < 1.29 is 19.2 Å². The number of benzene rings is 2. The Bertz CT molecular complexity index is 868. The van der Waals surface area contributed by atoms with E-state index in [1.54, 1.807) is 12.0 Å². The summed E-state index contributed by atoms with van der Waals surface area (Å²) in [5.41, 5.74) is 0.877. The summed E-state index contributed by atoms with van der Waals surface area (Å²) in [6.45, 7) is 2.32. The maximum Gasteiger partial charge on any atom is 0.271 e. The van der Waals surface area contributed by atoms with Gasteiger partial charge < -0.3 is 19.3 Å². The fourth-order valence-corrected chi connectivity index (χ4v) is 3.27. The molecule has 0 spiro atoms. The maximum atomic E-state index is 12.4. The standard InChI is InChI=1S/C19H20ClN3O5/c1-27-18-5-3-2-4-16(18)21-8-10-22(11-9-21)19(24)13-28-17-7-6-14(23(25)26)12-15(17)20/h2-7,12H,8-11,13H2,1H3. The normalized spacial score (nSPS) is 13.9. The SMILES string of the molecule is COc1ccccc1N1CCN(C(=O)COc2ccc([N+](=O)[O-])cc2Cl)CC1. The highest BCUT2D eigenvalue weighted by molar-refractivity contribution is 6.32. The van der Waals surface area contributed by atoms with Gasteiger partial charge in [0.15, 0.2) is 6.61 Å². The number of methoxy groups -OCH3 is 1. The van der Waals surface area contributed by atoms with Crippen LogP contribution in [-0.2, 0) is 4.79 Å². The van der Waals surface area contributed by atoms with E-state index in [1.165, 1.54) is 18.2 Å². The van der Waals surface area contributed by atoms with Crippen molar-refractivity contribution in [1.29, 1.82) is 0 Å². The van der Waals surface area contributed by atoms with E-state index in [-0.39, 0.29) is 29.0 Å². The molecule has 1 aliphatic rings. The van der Waals surface area contributed by atoms with Crippen molar-refractivity contribution in [3.05, 3.63) is 57.6 Å². The zero-order chi connectivity index (χ0) is 20.1. The van der Waals surface area contributed by atoms with Crippen LogP contribution in [0.2, 0.25) is 5.02 Å². The van der Waals surface area contributed by atoms with E-state index in [0.717, 1.165) is 11.4 Å². The molecule has 0 unspecified atom stereocenters. The number of ether oxygens (including phenoxy) is 2. The molecular formula is C19H20ClN3O5. The van der Waals surface area contributed by atoms with Gasteiger partial charge in [0.05, 0.1) is 22.7 Å². The van der Waals surface area contributed by atoms with Crippen LogP contribution in [0.5, 0.6) is 11.5 Å². The highest BCUT2D eigenvalue weighted by atomic mass is 35.5. The summed E-state index contributed by atoms with van der Waals surface area (Å²) in [6, 6.07) is 11.7. The molecule has 1 amide bonds. The van der Waals surface area contributed by atoms with Gasteiger partial charge in [-0.05, 0) is 18.2 Å². The van der Waals surface area contributed by atoms with Gasteiger partial charge in [0, 0.05) is 38.3 Å². The largest absolute Gasteiger partial charge is 0.495 e. The minimum Gasteiger partial charge on any atom is -0.495 e. The number of anilines is 1. The number of non-ortho nitro benzene ring substituents is 1. The number of nitro groups is 1. The summed E-state index contributed by atoms with van der Waals surface area (Å²) in [6.07, 6.45) is 0. The molecule has 0 radical (unpaired) electrons. The minimum absolute atomic E-state index is 0.1000. The highest BCUT2D eigenvalue weighted by Gasteiger charge is 2.23. The van der Waals surface area contributed by atoms with Gasteiger partial charge in [-0.2, -0.15) is 0 Å². The Kier molecular flexibility index (Phi) is 6.20. The second kappa shape index (κ2) is 8.79. The van der Waals surface area contributed by atoms with Gasteiger partial charge in [-0.15, -0.1) is 0 Å². The molecule has 1 heterocycles. The predicted molar refractivity (Wildman–Crippen MR) is 105 cm³/mol. The number of hydrogen-bond donors (Lipinski definition) is 0. The Morgan fingerprint density at radius 2 is 1.86 bits per heavy atom. The smallest absolute Gasteiger partial charge is 0.271 e. The molecule has 1 saturated heterocycles. The number of halogens is 1. The molecule has 0 bridgehead atoms. The van der Waals surface area contributed by atoms with Gasteiger partial charge in [0.1, 0.15) is 11.5 Å². The van der Waals surface area contributed by atoms with Crippen molar-refractivity contribution in [2.75, 3.05) is 44.8 Å². The third kappa shape index (κ3) is 4.45. The average molecular weight is 406 g/mol. The predicted octanol–water partition coefficient (Wildman–Crippen LogP) is 2.98. The van der Waals surface area contributed by atoms with Crippen molar-refractivity contribution in [2.45, 2.75) is 0 Å². The van der Waals surface area contributed by atoms with Crippen LogP contribution in [0.15, 0.2) is 42.5 Å². The first kappa shape index (κ1) is 19.8. The zero-order valence-electron chi connectivity index (χ0n) is 15.3. The summed E-state index contributed by atoms with van der Waals surface area (Å²) in [7, 11) is 1.64. The summed E-state index contributed by atoms with van der Waals surface area (Å²) < 4.78 is 10.9. The lowest BCUT2D eigenvalue weighted by atomic mass is 10.2. The molecule has 9 heteroatoms. The number of hydrogen-bond acceptors (Lipinski definition) is 6. The lowest BCUT2D eigenvalue weighted by Gasteiger charge is -2.36. The fourth-order valence-electron chi connectivity index (χ4n) is 3.04. The van der Waals surface area contributed by atoms with Gasteiger partial charge in [-0.25, -0.2) is 0 Å². The van der Waals surface area contributed by atoms with Gasteiger partial charge in [-0.1, -0.05) is 23.7 Å². The monoisotopic (exact) mass is 405 g/mol. The molecule has 1 aliphatic heterocycles. The quantitative estimate of drug-likeness (QED) is 0.542. The van der Waals surface area contributed by atoms with Crippen LogP contribution in [-0.4, -0.2) is 55.6 Å². The lowest BCUT2D eigenvalue weighted by Crippen LogP contribution is -2.50. The van der Waals surface area contributed by atoms with Crippen LogP contribution >= 0.6 is 11.6 Å². The van der Waals surface area contributed by atoms with Crippen LogP contribution in [0.25, 0.3) is 0 Å². The molecule has 8 nitrogen and oxygen atoms in total. The first-order chi connectivity index (χ1) is 13.5. The van der Waals surface area contributed by atoms with Crippen LogP contribution in [0.4, 0.5) is 11.4 Å². The Hall–Kier alpha value is -3.00. The van der Waals surface area contributed by atoms with Gasteiger partial charge in [0.2, 0.25) is 0 Å². The van der Waals surface area contributed by atoms with E-state index >= 15 is 0 Å². The number of nitrogens with zero attached hydrogens (tertiary/aromatic N) is 3. The van der Waals surface area contributed by atoms with Crippen molar-refractivity contribution in [3.63, 3.8) is 0 Å². The molecule has 0 saturated carbocycles. The van der Waals surface area contributed by atoms with E-state index in [2.05, 4.69) is 4.90 Å². The molecule has 148 valence electrons. The molecule has 28 heavy (non-hydrogen) atoms. The van der Waals surface area contributed by atoms with Crippen molar-refractivity contribution in [3.8, 4) is 11.5 Å². The van der Waals surface area contributed by atoms with E-state index in [9.17, 15) is 14.9 Å². The molecule has 0 N–H and O–H groups in total. The molecule has 0 atom stereocenters. The summed E-state index contributed by atoms with van der Waals surface area (Å²) in [5, 5.41) is 10.8. The fraction of sp³-hybridized carbons (Fsp3) is 0.316. The number of nitro benzene ring substituents is 1. The number of carbonyl (C=O) groups excluding carboxylic acids is 1. The summed E-state index contributed by atoms with van der Waals surface area (Å²) in [4.78, 5) is 26.5. The van der Waals surface area contributed by atoms with Gasteiger partial charge in [0.25, 0.3) is 11.6 Å². The van der Waals surface area contributed by atoms with Crippen molar-refractivity contribution >= 4 is 28.9 Å². The van der Waals surface area contributed by atoms with E-state index in [1.807, 2.05) is 24.3 Å². The Morgan fingerprint density at radius 3 is 2.50 bits per heavy atom. The third-order valence-corrected chi connectivity index (χ3v) is 4.83. The Labute approximate surface area is 167 Å². The van der Waals surface area contributed by atoms with E-state index in [0.29, 0.717) is 26.2 Å². The summed E-state index contributed by atoms with van der Waals surface area (Å²) in [5.74, 6) is 0.890. The molecule has 1 fully saturated rings. The number of piperazine rings is 1. The van der Waals surface area contributed by atoms with Crippen LogP contribution in [0.1, 0.15) is 0 Å². The van der Waals surface area contributed by atoms with Gasteiger partial charge >= 0.3 is 0 Å². The maximum absolute atomic E-state index is 12.4. The second-order valence-electron chi connectivity index (χ2n) is 6.20. The minimum atomic E-state index is -0.540. The third-order valence-electron chi connectivity index (χ3n) is 4.54. The molecular weight excluding hydrogens is 386 g/mol.